The number of anilines is 1. The van der Waals surface area contributed by atoms with E-state index in [2.05, 4.69) is 10.6 Å². The Morgan fingerprint density at radius 2 is 1.81 bits per heavy atom. The van der Waals surface area contributed by atoms with Crippen LogP contribution in [0.5, 0.6) is 5.75 Å². The van der Waals surface area contributed by atoms with Gasteiger partial charge in [0.15, 0.2) is 0 Å². The summed E-state index contributed by atoms with van der Waals surface area (Å²) in [6.45, 7) is 3.54. The zero-order chi connectivity index (χ0) is 19.1. The average Bonchev–Trinajstić information content (AvgIpc) is 3.21. The van der Waals surface area contributed by atoms with E-state index in [0.717, 1.165) is 19.4 Å². The number of amides is 2. The summed E-state index contributed by atoms with van der Waals surface area (Å²) in [6, 6.07) is 14.0. The molecule has 2 aromatic rings. The molecule has 1 atom stereocenters. The fourth-order valence-corrected chi connectivity index (χ4v) is 3.02. The quantitative estimate of drug-likeness (QED) is 0.787. The van der Waals surface area contributed by atoms with Gasteiger partial charge < -0.3 is 20.1 Å². The molecule has 1 aliphatic heterocycles. The first-order valence-electron chi connectivity index (χ1n) is 9.21. The van der Waals surface area contributed by atoms with Gasteiger partial charge in [0.1, 0.15) is 5.75 Å². The predicted molar refractivity (Wildman–Crippen MR) is 103 cm³/mol. The number of carbonyl (C=O) groups is 2. The van der Waals surface area contributed by atoms with Gasteiger partial charge in [-0.3, -0.25) is 9.59 Å². The molecular weight excluding hydrogens is 344 g/mol. The van der Waals surface area contributed by atoms with Crippen LogP contribution >= 0.6 is 0 Å². The van der Waals surface area contributed by atoms with Crippen molar-refractivity contribution < 1.29 is 19.1 Å². The molecule has 2 aromatic carbocycles. The van der Waals surface area contributed by atoms with Crippen molar-refractivity contribution in [1.82, 2.24) is 5.32 Å². The van der Waals surface area contributed by atoms with Gasteiger partial charge in [0.2, 0.25) is 0 Å². The van der Waals surface area contributed by atoms with Gasteiger partial charge >= 0.3 is 0 Å². The second-order valence-corrected chi connectivity index (χ2v) is 6.27. The molecule has 1 heterocycles. The molecule has 0 spiro atoms. The summed E-state index contributed by atoms with van der Waals surface area (Å²) in [4.78, 5) is 25.3. The highest BCUT2D eigenvalue weighted by atomic mass is 16.5. The van der Waals surface area contributed by atoms with E-state index in [1.165, 1.54) is 0 Å². The lowest BCUT2D eigenvalue weighted by molar-refractivity contribution is 0.0858. The van der Waals surface area contributed by atoms with Crippen molar-refractivity contribution in [3.63, 3.8) is 0 Å². The highest BCUT2D eigenvalue weighted by molar-refractivity contribution is 6.10. The Morgan fingerprint density at radius 1 is 1.07 bits per heavy atom. The SMILES string of the molecule is CCOc1ccccc1C(=O)Nc1ccccc1C(=O)NC[C@@H]1CCCO1. The van der Waals surface area contributed by atoms with Crippen molar-refractivity contribution in [3.8, 4) is 5.75 Å². The number of rotatable bonds is 7. The van der Waals surface area contributed by atoms with Gasteiger partial charge in [-0.25, -0.2) is 0 Å². The number of carbonyl (C=O) groups excluding carboxylic acids is 2. The van der Waals surface area contributed by atoms with E-state index in [1.54, 1.807) is 42.5 Å². The van der Waals surface area contributed by atoms with E-state index >= 15 is 0 Å². The molecule has 3 rings (SSSR count). The standard InChI is InChI=1S/C21H24N2O4/c1-2-26-19-12-6-4-10-17(19)21(25)23-18-11-5-3-9-16(18)20(24)22-14-15-8-7-13-27-15/h3-6,9-12,15H,2,7-8,13-14H2,1H3,(H,22,24)(H,23,25)/t15-/m0/s1. The van der Waals surface area contributed by atoms with Crippen molar-refractivity contribution in [2.45, 2.75) is 25.9 Å². The maximum Gasteiger partial charge on any atom is 0.259 e. The summed E-state index contributed by atoms with van der Waals surface area (Å²) in [5, 5.41) is 5.71. The van der Waals surface area contributed by atoms with Crippen molar-refractivity contribution in [2.75, 3.05) is 25.1 Å². The van der Waals surface area contributed by atoms with Gasteiger partial charge in [-0.1, -0.05) is 24.3 Å². The van der Waals surface area contributed by atoms with E-state index in [4.69, 9.17) is 9.47 Å². The van der Waals surface area contributed by atoms with Gasteiger partial charge in [-0.15, -0.1) is 0 Å². The molecule has 1 fully saturated rings. The molecule has 1 aliphatic rings. The van der Waals surface area contributed by atoms with E-state index in [9.17, 15) is 9.59 Å². The molecule has 27 heavy (non-hydrogen) atoms. The van der Waals surface area contributed by atoms with E-state index < -0.39 is 0 Å². The number of hydrogen-bond acceptors (Lipinski definition) is 4. The lowest BCUT2D eigenvalue weighted by atomic mass is 10.1. The molecule has 2 N–H and O–H groups in total. The normalized spacial score (nSPS) is 16.0. The summed E-state index contributed by atoms with van der Waals surface area (Å²) in [7, 11) is 0. The predicted octanol–water partition coefficient (Wildman–Crippen LogP) is 3.25. The molecule has 0 bridgehead atoms. The highest BCUT2D eigenvalue weighted by Crippen LogP contribution is 2.22. The van der Waals surface area contributed by atoms with Gasteiger partial charge in [0, 0.05) is 13.2 Å². The molecule has 0 aliphatic carbocycles. The fourth-order valence-electron chi connectivity index (χ4n) is 3.02. The van der Waals surface area contributed by atoms with Crippen LogP contribution in [0.1, 0.15) is 40.5 Å². The van der Waals surface area contributed by atoms with E-state index in [-0.39, 0.29) is 17.9 Å². The number of hydrogen-bond donors (Lipinski definition) is 2. The molecule has 6 heteroatoms. The zero-order valence-corrected chi connectivity index (χ0v) is 15.4. The molecular formula is C21H24N2O4. The van der Waals surface area contributed by atoms with Crippen LogP contribution in [0.4, 0.5) is 5.69 Å². The molecule has 0 radical (unpaired) electrons. The lowest BCUT2D eigenvalue weighted by Gasteiger charge is -2.14. The van der Waals surface area contributed by atoms with E-state index in [0.29, 0.717) is 35.7 Å². The highest BCUT2D eigenvalue weighted by Gasteiger charge is 2.19. The second-order valence-electron chi connectivity index (χ2n) is 6.27. The van der Waals surface area contributed by atoms with Crippen LogP contribution in [-0.4, -0.2) is 37.7 Å². The molecule has 142 valence electrons. The Bertz CT molecular complexity index is 800. The summed E-state index contributed by atoms with van der Waals surface area (Å²) in [5.41, 5.74) is 1.30. The van der Waals surface area contributed by atoms with Gasteiger partial charge in [0.25, 0.3) is 11.8 Å². The number of nitrogens with one attached hydrogen (secondary N) is 2. The minimum absolute atomic E-state index is 0.0637. The van der Waals surface area contributed by atoms with E-state index in [1.807, 2.05) is 13.0 Å². The van der Waals surface area contributed by atoms with Crippen molar-refractivity contribution in [2.24, 2.45) is 0 Å². The second kappa shape index (κ2) is 9.19. The van der Waals surface area contributed by atoms with Gasteiger partial charge in [-0.05, 0) is 44.0 Å². The molecule has 0 aromatic heterocycles. The minimum atomic E-state index is -0.321. The monoisotopic (exact) mass is 368 g/mol. The molecule has 0 saturated carbocycles. The summed E-state index contributed by atoms with van der Waals surface area (Å²) in [5.74, 6) is -0.0456. The third-order valence-corrected chi connectivity index (χ3v) is 4.37. The van der Waals surface area contributed by atoms with Crippen LogP contribution in [0.15, 0.2) is 48.5 Å². The van der Waals surface area contributed by atoms with Crippen molar-refractivity contribution >= 4 is 17.5 Å². The summed E-state index contributed by atoms with van der Waals surface area (Å²) >= 11 is 0. The topological polar surface area (TPSA) is 76.7 Å². The average molecular weight is 368 g/mol. The third-order valence-electron chi connectivity index (χ3n) is 4.37. The van der Waals surface area contributed by atoms with Crippen LogP contribution in [0.2, 0.25) is 0 Å². The molecule has 6 nitrogen and oxygen atoms in total. The summed E-state index contributed by atoms with van der Waals surface area (Å²) < 4.78 is 11.0. The van der Waals surface area contributed by atoms with Crippen LogP contribution in [0.25, 0.3) is 0 Å². The van der Waals surface area contributed by atoms with Crippen molar-refractivity contribution in [3.05, 3.63) is 59.7 Å². The van der Waals surface area contributed by atoms with Crippen LogP contribution in [0, 0.1) is 0 Å². The van der Waals surface area contributed by atoms with Gasteiger partial charge in [0.05, 0.1) is 29.5 Å². The maximum atomic E-state index is 12.7. The Balaban J connectivity index is 1.72. The first kappa shape index (κ1) is 18.9. The van der Waals surface area contributed by atoms with Crippen LogP contribution < -0.4 is 15.4 Å². The minimum Gasteiger partial charge on any atom is -0.493 e. The maximum absolute atomic E-state index is 12.7. The number of benzene rings is 2. The summed E-state index contributed by atoms with van der Waals surface area (Å²) in [6.07, 6.45) is 2.04. The molecule has 2 amide bonds. The van der Waals surface area contributed by atoms with Crippen LogP contribution in [-0.2, 0) is 4.74 Å². The fraction of sp³-hybridized carbons (Fsp3) is 0.333. The molecule has 1 saturated heterocycles. The molecule has 0 unspecified atom stereocenters. The van der Waals surface area contributed by atoms with Crippen molar-refractivity contribution in [1.29, 1.82) is 0 Å². The number of ether oxygens (including phenoxy) is 2. The first-order valence-corrected chi connectivity index (χ1v) is 9.21. The smallest absolute Gasteiger partial charge is 0.259 e. The lowest BCUT2D eigenvalue weighted by Crippen LogP contribution is -2.32. The Kier molecular flexibility index (Phi) is 6.44. The number of para-hydroxylation sites is 2. The zero-order valence-electron chi connectivity index (χ0n) is 15.4. The Hall–Kier alpha value is -2.86. The Morgan fingerprint density at radius 3 is 2.56 bits per heavy atom. The van der Waals surface area contributed by atoms with Crippen LogP contribution in [0.3, 0.4) is 0 Å². The largest absolute Gasteiger partial charge is 0.493 e. The first-order chi connectivity index (χ1) is 13.2. The van der Waals surface area contributed by atoms with Gasteiger partial charge in [-0.2, -0.15) is 0 Å². The Labute approximate surface area is 158 Å². The third kappa shape index (κ3) is 4.86.